The molecule has 3 aromatic carbocycles. The van der Waals surface area contributed by atoms with Gasteiger partial charge in [0.25, 0.3) is 0 Å². The third-order valence-electron chi connectivity index (χ3n) is 8.69. The zero-order chi connectivity index (χ0) is 25.5. The van der Waals surface area contributed by atoms with Crippen LogP contribution in [0.2, 0.25) is 0 Å². The second-order valence-corrected chi connectivity index (χ2v) is 10.5. The summed E-state index contributed by atoms with van der Waals surface area (Å²) in [6.07, 6.45) is 3.39. The molecule has 2 bridgehead atoms. The molecule has 0 aromatic heterocycles. The van der Waals surface area contributed by atoms with E-state index < -0.39 is 11.2 Å². The smallest absolute Gasteiger partial charge is 0.233 e. The molecule has 6 heteroatoms. The van der Waals surface area contributed by atoms with Gasteiger partial charge in [0.1, 0.15) is 0 Å². The number of anilines is 1. The molecule has 0 spiro atoms. The van der Waals surface area contributed by atoms with Gasteiger partial charge >= 0.3 is 0 Å². The zero-order valence-corrected chi connectivity index (χ0v) is 20.7. The SMILES string of the molecule is N#CCCC12CCC(CCOCc3ccccc3)(O1)[C@@H]1C(=O)N(c3ccc(C#N)c4ccccc34)C[C@@H]12. The number of ether oxygens (including phenoxy) is 2. The van der Waals surface area contributed by atoms with Crippen LogP contribution in [-0.4, -0.2) is 30.3 Å². The molecule has 2 unspecified atom stereocenters. The van der Waals surface area contributed by atoms with Gasteiger partial charge < -0.3 is 14.4 Å². The molecule has 3 aliphatic rings. The van der Waals surface area contributed by atoms with Crippen LogP contribution in [0.4, 0.5) is 5.69 Å². The summed E-state index contributed by atoms with van der Waals surface area (Å²) in [5, 5.41) is 20.7. The van der Waals surface area contributed by atoms with Crippen LogP contribution < -0.4 is 4.90 Å². The lowest BCUT2D eigenvalue weighted by Gasteiger charge is -2.32. The van der Waals surface area contributed by atoms with Crippen molar-refractivity contribution in [3.05, 3.63) is 77.9 Å². The first kappa shape index (κ1) is 23.7. The summed E-state index contributed by atoms with van der Waals surface area (Å²) in [5.74, 6) is -0.137. The van der Waals surface area contributed by atoms with E-state index >= 15 is 0 Å². The molecular weight excluding hydrogens is 462 g/mol. The molecule has 6 nitrogen and oxygen atoms in total. The standard InChI is InChI=1S/C31H29N3O3/c32-17-6-13-30-14-15-31(37-30,16-18-36-21-22-7-2-1-3-8-22)28-26(30)20-34(29(28)35)27-12-11-23(19-33)24-9-4-5-10-25(24)27/h1-5,7-12,26,28H,6,13-16,18,20-21H2/t26-,28-,30?,31?/m0/s1. The number of amides is 1. The first-order valence-corrected chi connectivity index (χ1v) is 13.0. The van der Waals surface area contributed by atoms with Crippen molar-refractivity contribution in [3.8, 4) is 12.1 Å². The van der Waals surface area contributed by atoms with Crippen molar-refractivity contribution in [1.82, 2.24) is 0 Å². The number of carbonyl (C=O) groups is 1. The molecule has 4 atom stereocenters. The topological polar surface area (TPSA) is 86.3 Å². The molecule has 0 radical (unpaired) electrons. The summed E-state index contributed by atoms with van der Waals surface area (Å²) in [7, 11) is 0. The van der Waals surface area contributed by atoms with E-state index in [1.165, 1.54) is 0 Å². The highest BCUT2D eigenvalue weighted by Crippen LogP contribution is 2.63. The number of carbonyl (C=O) groups excluding carboxylic acids is 1. The highest BCUT2D eigenvalue weighted by Gasteiger charge is 2.71. The monoisotopic (exact) mass is 491 g/mol. The highest BCUT2D eigenvalue weighted by molar-refractivity contribution is 6.07. The van der Waals surface area contributed by atoms with Crippen molar-refractivity contribution in [3.63, 3.8) is 0 Å². The van der Waals surface area contributed by atoms with Gasteiger partial charge in [0.05, 0.1) is 47.1 Å². The van der Waals surface area contributed by atoms with Crippen LogP contribution in [0.15, 0.2) is 66.7 Å². The van der Waals surface area contributed by atoms with Crippen LogP contribution in [0.25, 0.3) is 10.8 Å². The predicted molar refractivity (Wildman–Crippen MR) is 139 cm³/mol. The predicted octanol–water partition coefficient (Wildman–Crippen LogP) is 5.50. The lowest BCUT2D eigenvalue weighted by Crippen LogP contribution is -2.43. The van der Waals surface area contributed by atoms with Gasteiger partial charge in [-0.05, 0) is 37.0 Å². The Morgan fingerprint density at radius 2 is 1.70 bits per heavy atom. The van der Waals surface area contributed by atoms with Gasteiger partial charge in [-0.25, -0.2) is 0 Å². The Hall–Kier alpha value is -3.71. The number of nitriles is 2. The molecule has 3 heterocycles. The van der Waals surface area contributed by atoms with Crippen molar-refractivity contribution in [2.75, 3.05) is 18.1 Å². The van der Waals surface area contributed by atoms with E-state index in [0.717, 1.165) is 34.9 Å². The summed E-state index contributed by atoms with van der Waals surface area (Å²) in [6.45, 7) is 1.61. The van der Waals surface area contributed by atoms with Crippen LogP contribution in [0, 0.1) is 34.5 Å². The highest BCUT2D eigenvalue weighted by atomic mass is 16.5. The number of rotatable bonds is 8. The van der Waals surface area contributed by atoms with Gasteiger partial charge in [-0.1, -0.05) is 54.6 Å². The fraction of sp³-hybridized carbons (Fsp3) is 0.387. The number of fused-ring (bicyclic) bond motifs is 6. The quantitative estimate of drug-likeness (QED) is 0.388. The van der Waals surface area contributed by atoms with Crippen LogP contribution in [0.3, 0.4) is 0 Å². The minimum atomic E-state index is -0.564. The maximum Gasteiger partial charge on any atom is 0.233 e. The van der Waals surface area contributed by atoms with Crippen molar-refractivity contribution >= 4 is 22.4 Å². The Labute approximate surface area is 217 Å². The minimum absolute atomic E-state index is 0.0330. The van der Waals surface area contributed by atoms with Gasteiger partial charge in [0, 0.05) is 42.7 Å². The van der Waals surface area contributed by atoms with Crippen molar-refractivity contribution in [2.24, 2.45) is 11.8 Å². The molecule has 0 N–H and O–H groups in total. The average Bonchev–Trinajstić information content (AvgIpc) is 3.58. The van der Waals surface area contributed by atoms with E-state index in [-0.39, 0.29) is 17.7 Å². The average molecular weight is 492 g/mol. The Bertz CT molecular complexity index is 1430. The second-order valence-electron chi connectivity index (χ2n) is 10.5. The number of nitrogens with zero attached hydrogens (tertiary/aromatic N) is 3. The molecule has 0 aliphatic carbocycles. The van der Waals surface area contributed by atoms with Gasteiger partial charge in [-0.15, -0.1) is 0 Å². The first-order chi connectivity index (χ1) is 18.1. The third-order valence-corrected chi connectivity index (χ3v) is 8.69. The van der Waals surface area contributed by atoms with Gasteiger partial charge in [-0.3, -0.25) is 4.79 Å². The van der Waals surface area contributed by atoms with E-state index in [4.69, 9.17) is 9.47 Å². The first-order valence-electron chi connectivity index (χ1n) is 13.0. The molecule has 3 aromatic rings. The number of hydrogen-bond donors (Lipinski definition) is 0. The number of hydrogen-bond acceptors (Lipinski definition) is 5. The summed E-state index contributed by atoms with van der Waals surface area (Å²) in [5.41, 5.74) is 1.56. The van der Waals surface area contributed by atoms with Gasteiger partial charge in [0.15, 0.2) is 0 Å². The second kappa shape index (κ2) is 9.30. The zero-order valence-electron chi connectivity index (χ0n) is 20.7. The summed E-state index contributed by atoms with van der Waals surface area (Å²) in [4.78, 5) is 16.0. The third kappa shape index (κ3) is 3.80. The van der Waals surface area contributed by atoms with Gasteiger partial charge in [0.2, 0.25) is 5.91 Å². The molecular formula is C31H29N3O3. The summed E-state index contributed by atoms with van der Waals surface area (Å²) in [6, 6.07) is 26.1. The fourth-order valence-corrected chi connectivity index (χ4v) is 7.01. The summed E-state index contributed by atoms with van der Waals surface area (Å²) >= 11 is 0. The molecule has 3 fully saturated rings. The Balaban J connectivity index is 1.29. The van der Waals surface area contributed by atoms with Crippen molar-refractivity contribution in [1.29, 1.82) is 10.5 Å². The fourth-order valence-electron chi connectivity index (χ4n) is 7.01. The molecule has 186 valence electrons. The maximum absolute atomic E-state index is 14.1. The molecule has 6 rings (SSSR count). The minimum Gasteiger partial charge on any atom is -0.377 e. The van der Waals surface area contributed by atoms with E-state index in [1.807, 2.05) is 71.6 Å². The van der Waals surface area contributed by atoms with E-state index in [1.54, 1.807) is 0 Å². The lowest BCUT2D eigenvalue weighted by atomic mass is 9.66. The van der Waals surface area contributed by atoms with Gasteiger partial charge in [-0.2, -0.15) is 10.5 Å². The molecule has 3 aliphatic heterocycles. The van der Waals surface area contributed by atoms with E-state index in [0.29, 0.717) is 44.6 Å². The van der Waals surface area contributed by atoms with Crippen LogP contribution >= 0.6 is 0 Å². The lowest BCUT2D eigenvalue weighted by molar-refractivity contribution is -0.129. The molecule has 37 heavy (non-hydrogen) atoms. The maximum atomic E-state index is 14.1. The van der Waals surface area contributed by atoms with Crippen molar-refractivity contribution < 1.29 is 14.3 Å². The summed E-state index contributed by atoms with van der Waals surface area (Å²) < 4.78 is 12.9. The Kier molecular flexibility index (Phi) is 5.95. The van der Waals surface area contributed by atoms with E-state index in [9.17, 15) is 15.3 Å². The molecule has 0 saturated carbocycles. The molecule has 1 amide bonds. The van der Waals surface area contributed by atoms with Crippen LogP contribution in [0.1, 0.15) is 43.2 Å². The normalized spacial score (nSPS) is 27.8. The Morgan fingerprint density at radius 1 is 0.946 bits per heavy atom. The largest absolute Gasteiger partial charge is 0.377 e. The van der Waals surface area contributed by atoms with Crippen LogP contribution in [-0.2, 0) is 20.9 Å². The van der Waals surface area contributed by atoms with Crippen molar-refractivity contribution in [2.45, 2.75) is 49.9 Å². The Morgan fingerprint density at radius 3 is 2.49 bits per heavy atom. The van der Waals surface area contributed by atoms with E-state index in [2.05, 4.69) is 12.1 Å². The molecule has 3 saturated heterocycles. The number of benzene rings is 3. The van der Waals surface area contributed by atoms with Crippen LogP contribution in [0.5, 0.6) is 0 Å².